The van der Waals surface area contributed by atoms with Gasteiger partial charge in [0.1, 0.15) is 0 Å². The summed E-state index contributed by atoms with van der Waals surface area (Å²) in [5, 5.41) is 5.05. The van der Waals surface area contributed by atoms with Gasteiger partial charge in [0.25, 0.3) is 0 Å². The van der Waals surface area contributed by atoms with Crippen molar-refractivity contribution in [3.63, 3.8) is 0 Å². The van der Waals surface area contributed by atoms with Gasteiger partial charge in [0.05, 0.1) is 23.3 Å². The molecular weight excluding hydrogens is 280 g/mol. The molecule has 0 unspecified atom stereocenters. The molecule has 0 N–H and O–H groups in total. The van der Waals surface area contributed by atoms with E-state index in [-0.39, 0.29) is 0 Å². The van der Waals surface area contributed by atoms with Crippen molar-refractivity contribution in [2.45, 2.75) is 6.54 Å². The number of hydrogen-bond donors (Lipinski definition) is 0. The van der Waals surface area contributed by atoms with E-state index in [1.54, 1.807) is 6.20 Å². The zero-order valence-corrected chi connectivity index (χ0v) is 11.6. The SMILES string of the molecule is Clc1ccc(Oc2cnn(Cc3ccccc3)c2)s1. The molecule has 0 fully saturated rings. The number of aromatic nitrogens is 2. The fourth-order valence-electron chi connectivity index (χ4n) is 1.72. The Morgan fingerprint density at radius 3 is 2.74 bits per heavy atom. The first kappa shape index (κ1) is 12.3. The summed E-state index contributed by atoms with van der Waals surface area (Å²) in [6.45, 7) is 0.732. The Labute approximate surface area is 120 Å². The van der Waals surface area contributed by atoms with E-state index in [2.05, 4.69) is 17.2 Å². The van der Waals surface area contributed by atoms with E-state index in [4.69, 9.17) is 16.3 Å². The Morgan fingerprint density at radius 2 is 2.00 bits per heavy atom. The van der Waals surface area contributed by atoms with Crippen molar-refractivity contribution in [3.8, 4) is 10.8 Å². The highest BCUT2D eigenvalue weighted by molar-refractivity contribution is 7.17. The maximum Gasteiger partial charge on any atom is 0.182 e. The minimum absolute atomic E-state index is 0.715. The number of nitrogens with zero attached hydrogens (tertiary/aromatic N) is 2. The second-order valence-electron chi connectivity index (χ2n) is 4.02. The smallest absolute Gasteiger partial charge is 0.182 e. The Bertz CT molecular complexity index is 663. The van der Waals surface area contributed by atoms with E-state index >= 15 is 0 Å². The Morgan fingerprint density at radius 1 is 1.16 bits per heavy atom. The first-order valence-corrected chi connectivity index (χ1v) is 6.98. The van der Waals surface area contributed by atoms with Crippen LogP contribution in [0.5, 0.6) is 10.8 Å². The average molecular weight is 291 g/mol. The molecule has 0 radical (unpaired) electrons. The van der Waals surface area contributed by atoms with Gasteiger partial charge >= 0.3 is 0 Å². The third-order valence-corrected chi connectivity index (χ3v) is 3.67. The van der Waals surface area contributed by atoms with E-state index in [9.17, 15) is 0 Å². The molecule has 0 spiro atoms. The van der Waals surface area contributed by atoms with E-state index in [0.29, 0.717) is 4.34 Å². The largest absolute Gasteiger partial charge is 0.443 e. The van der Waals surface area contributed by atoms with Crippen molar-refractivity contribution in [1.82, 2.24) is 9.78 Å². The number of halogens is 1. The molecule has 0 atom stereocenters. The molecule has 5 heteroatoms. The second kappa shape index (κ2) is 5.47. The van der Waals surface area contributed by atoms with Crippen molar-refractivity contribution in [1.29, 1.82) is 0 Å². The lowest BCUT2D eigenvalue weighted by Gasteiger charge is -2.00. The predicted octanol–water partition coefficient (Wildman–Crippen LogP) is 4.44. The zero-order chi connectivity index (χ0) is 13.1. The van der Waals surface area contributed by atoms with Crippen LogP contribution in [0, 0.1) is 0 Å². The molecule has 1 aromatic carbocycles. The van der Waals surface area contributed by atoms with E-state index in [0.717, 1.165) is 17.4 Å². The number of hydrogen-bond acceptors (Lipinski definition) is 3. The van der Waals surface area contributed by atoms with Gasteiger partial charge in [0.2, 0.25) is 0 Å². The first-order valence-electron chi connectivity index (χ1n) is 5.79. The van der Waals surface area contributed by atoms with Crippen LogP contribution < -0.4 is 4.74 Å². The van der Waals surface area contributed by atoms with Gasteiger partial charge in [-0.15, -0.1) is 0 Å². The second-order valence-corrected chi connectivity index (χ2v) is 5.70. The summed E-state index contributed by atoms with van der Waals surface area (Å²) in [5.41, 5.74) is 1.20. The number of rotatable bonds is 4. The van der Waals surface area contributed by atoms with E-state index < -0.39 is 0 Å². The average Bonchev–Trinajstić information content (AvgIpc) is 3.01. The Hall–Kier alpha value is -1.78. The van der Waals surface area contributed by atoms with Crippen LogP contribution in [0.3, 0.4) is 0 Å². The van der Waals surface area contributed by atoms with E-state index in [1.807, 2.05) is 41.2 Å². The number of thiophene rings is 1. The lowest BCUT2D eigenvalue weighted by atomic mass is 10.2. The minimum Gasteiger partial charge on any atom is -0.443 e. The molecule has 0 aliphatic heterocycles. The molecule has 3 nitrogen and oxygen atoms in total. The first-order chi connectivity index (χ1) is 9.29. The highest BCUT2D eigenvalue weighted by Gasteiger charge is 2.04. The van der Waals surface area contributed by atoms with Crippen molar-refractivity contribution in [2.24, 2.45) is 0 Å². The fraction of sp³-hybridized carbons (Fsp3) is 0.0714. The topological polar surface area (TPSA) is 27.1 Å². The molecule has 0 amide bonds. The molecular formula is C14H11ClN2OS. The van der Waals surface area contributed by atoms with Crippen LogP contribution in [0.2, 0.25) is 4.34 Å². The molecule has 0 aliphatic carbocycles. The number of benzene rings is 1. The summed E-state index contributed by atoms with van der Waals surface area (Å²) < 4.78 is 8.23. The lowest BCUT2D eigenvalue weighted by molar-refractivity contribution is 0.495. The van der Waals surface area contributed by atoms with Crippen LogP contribution in [-0.4, -0.2) is 9.78 Å². The van der Waals surface area contributed by atoms with E-state index in [1.165, 1.54) is 16.9 Å². The quantitative estimate of drug-likeness (QED) is 0.710. The molecule has 0 saturated heterocycles. The molecule has 0 saturated carbocycles. The Kier molecular flexibility index (Phi) is 3.53. The zero-order valence-electron chi connectivity index (χ0n) is 9.99. The standard InChI is InChI=1S/C14H11ClN2OS/c15-13-6-7-14(19-13)18-12-8-16-17(10-12)9-11-4-2-1-3-5-11/h1-8,10H,9H2. The van der Waals surface area contributed by atoms with Crippen LogP contribution in [0.1, 0.15) is 5.56 Å². The van der Waals surface area contributed by atoms with Crippen LogP contribution in [0.25, 0.3) is 0 Å². The maximum absolute atomic E-state index is 5.86. The molecule has 0 bridgehead atoms. The maximum atomic E-state index is 5.86. The van der Waals surface area contributed by atoms with Crippen LogP contribution in [-0.2, 0) is 6.54 Å². The van der Waals surface area contributed by atoms with Gasteiger partial charge in [-0.3, -0.25) is 4.68 Å². The van der Waals surface area contributed by atoms with Gasteiger partial charge in [0, 0.05) is 0 Å². The monoisotopic (exact) mass is 290 g/mol. The minimum atomic E-state index is 0.715. The number of ether oxygens (including phenoxy) is 1. The molecule has 2 heterocycles. The molecule has 3 aromatic rings. The van der Waals surface area contributed by atoms with Crippen molar-refractivity contribution < 1.29 is 4.74 Å². The highest BCUT2D eigenvalue weighted by atomic mass is 35.5. The Balaban J connectivity index is 1.69. The van der Waals surface area contributed by atoms with Crippen molar-refractivity contribution >= 4 is 22.9 Å². The molecule has 96 valence electrons. The van der Waals surface area contributed by atoms with Gasteiger partial charge in [-0.05, 0) is 17.7 Å². The third kappa shape index (κ3) is 3.16. The van der Waals surface area contributed by atoms with Crippen molar-refractivity contribution in [2.75, 3.05) is 0 Å². The van der Waals surface area contributed by atoms with Gasteiger partial charge in [0.15, 0.2) is 10.8 Å². The summed E-state index contributed by atoms with van der Waals surface area (Å²) in [7, 11) is 0. The summed E-state index contributed by atoms with van der Waals surface area (Å²) in [6.07, 6.45) is 3.58. The summed E-state index contributed by atoms with van der Waals surface area (Å²) in [4.78, 5) is 0. The molecule has 0 aliphatic rings. The molecule has 3 rings (SSSR count). The van der Waals surface area contributed by atoms with Gasteiger partial charge < -0.3 is 4.74 Å². The van der Waals surface area contributed by atoms with Crippen LogP contribution in [0.4, 0.5) is 0 Å². The van der Waals surface area contributed by atoms with Crippen molar-refractivity contribution in [3.05, 3.63) is 64.8 Å². The van der Waals surface area contributed by atoms with Gasteiger partial charge in [-0.2, -0.15) is 5.10 Å². The normalized spacial score (nSPS) is 10.6. The molecule has 2 aromatic heterocycles. The lowest BCUT2D eigenvalue weighted by Crippen LogP contribution is -1.99. The van der Waals surface area contributed by atoms with Gasteiger partial charge in [-0.25, -0.2) is 0 Å². The molecule has 19 heavy (non-hydrogen) atoms. The summed E-state index contributed by atoms with van der Waals surface area (Å²) >= 11 is 7.26. The fourth-order valence-corrected chi connectivity index (χ4v) is 2.62. The predicted molar refractivity (Wildman–Crippen MR) is 77.2 cm³/mol. The van der Waals surface area contributed by atoms with Crippen LogP contribution >= 0.6 is 22.9 Å². The summed E-state index contributed by atoms with van der Waals surface area (Å²) in [5.74, 6) is 0.717. The van der Waals surface area contributed by atoms with Crippen LogP contribution in [0.15, 0.2) is 54.9 Å². The third-order valence-electron chi connectivity index (χ3n) is 2.56. The van der Waals surface area contributed by atoms with Gasteiger partial charge in [-0.1, -0.05) is 53.3 Å². The highest BCUT2D eigenvalue weighted by Crippen LogP contribution is 2.31. The summed E-state index contributed by atoms with van der Waals surface area (Å²) in [6, 6.07) is 13.8.